The summed E-state index contributed by atoms with van der Waals surface area (Å²) >= 11 is 0. The zero-order valence-electron chi connectivity index (χ0n) is 12.0. The van der Waals surface area contributed by atoms with E-state index in [-0.39, 0.29) is 16.9 Å². The van der Waals surface area contributed by atoms with Crippen LogP contribution in [0.3, 0.4) is 0 Å². The van der Waals surface area contributed by atoms with Gasteiger partial charge in [-0.05, 0) is 18.9 Å². The normalized spacial score (nSPS) is 16.9. The summed E-state index contributed by atoms with van der Waals surface area (Å²) in [6.45, 7) is 0. The molecule has 0 aliphatic carbocycles. The Hall–Kier alpha value is -1.94. The molecule has 0 unspecified atom stereocenters. The number of nitriles is 1. The number of nitrogens with zero attached hydrogens (tertiary/aromatic N) is 4. The summed E-state index contributed by atoms with van der Waals surface area (Å²) < 4.78 is 30.6. The molecule has 21 heavy (non-hydrogen) atoms. The predicted octanol–water partition coefficient (Wildman–Crippen LogP) is 2.81. The molecular formula is C14H17FN4OS. The van der Waals surface area contributed by atoms with Crippen LogP contribution in [0.2, 0.25) is 0 Å². The van der Waals surface area contributed by atoms with E-state index in [1.54, 1.807) is 25.1 Å². The first-order chi connectivity index (χ1) is 9.93. The number of aliphatic imine (C=N–C) groups is 1. The van der Waals surface area contributed by atoms with Crippen LogP contribution >= 0.6 is 0 Å². The van der Waals surface area contributed by atoms with Crippen molar-refractivity contribution in [2.75, 3.05) is 25.6 Å². The lowest BCUT2D eigenvalue weighted by Crippen LogP contribution is -2.07. The smallest absolute Gasteiger partial charge is 0.145 e. The van der Waals surface area contributed by atoms with E-state index in [0.29, 0.717) is 11.5 Å². The fourth-order valence-corrected chi connectivity index (χ4v) is 4.25. The van der Waals surface area contributed by atoms with Gasteiger partial charge in [-0.15, -0.1) is 0 Å². The SMILES string of the molecule is CN(C)/C=N/c1cc(N=S2(=O)CCCC2)cc(F)c1C#N. The number of hydrogen-bond acceptors (Lipinski definition) is 4. The minimum atomic E-state index is -2.28. The average Bonchev–Trinajstić information content (AvgIpc) is 2.82. The quantitative estimate of drug-likeness (QED) is 0.637. The molecule has 1 saturated heterocycles. The van der Waals surface area contributed by atoms with Crippen LogP contribution in [-0.4, -0.2) is 41.0 Å². The highest BCUT2D eigenvalue weighted by atomic mass is 32.2. The lowest BCUT2D eigenvalue weighted by atomic mass is 10.1. The van der Waals surface area contributed by atoms with Gasteiger partial charge < -0.3 is 4.90 Å². The van der Waals surface area contributed by atoms with Crippen LogP contribution in [-0.2, 0) is 9.73 Å². The van der Waals surface area contributed by atoms with Gasteiger partial charge in [0.05, 0.1) is 27.4 Å². The van der Waals surface area contributed by atoms with Crippen LogP contribution in [0.5, 0.6) is 0 Å². The summed E-state index contributed by atoms with van der Waals surface area (Å²) in [5.74, 6) is 0.404. The second-order valence-electron chi connectivity index (χ2n) is 5.12. The zero-order valence-corrected chi connectivity index (χ0v) is 12.9. The van der Waals surface area contributed by atoms with E-state index < -0.39 is 15.5 Å². The summed E-state index contributed by atoms with van der Waals surface area (Å²) in [4.78, 5) is 5.76. The molecule has 0 amide bonds. The lowest BCUT2D eigenvalue weighted by molar-refractivity contribution is 0.624. The van der Waals surface area contributed by atoms with Gasteiger partial charge in [0.1, 0.15) is 17.4 Å². The summed E-state index contributed by atoms with van der Waals surface area (Å²) in [5.41, 5.74) is 0.351. The molecule has 112 valence electrons. The van der Waals surface area contributed by atoms with Crippen molar-refractivity contribution in [3.05, 3.63) is 23.5 Å². The van der Waals surface area contributed by atoms with Gasteiger partial charge in [0.15, 0.2) is 0 Å². The van der Waals surface area contributed by atoms with Gasteiger partial charge >= 0.3 is 0 Å². The number of hydrogen-bond donors (Lipinski definition) is 0. The third-order valence-electron chi connectivity index (χ3n) is 3.04. The Balaban J connectivity index is 2.51. The molecule has 1 aromatic carbocycles. The van der Waals surface area contributed by atoms with Gasteiger partial charge in [0, 0.05) is 31.7 Å². The third kappa shape index (κ3) is 3.79. The van der Waals surface area contributed by atoms with Crippen molar-refractivity contribution in [2.24, 2.45) is 9.36 Å². The van der Waals surface area contributed by atoms with Crippen LogP contribution in [0.1, 0.15) is 18.4 Å². The van der Waals surface area contributed by atoms with Crippen LogP contribution < -0.4 is 0 Å². The van der Waals surface area contributed by atoms with Gasteiger partial charge in [0.2, 0.25) is 0 Å². The maximum absolute atomic E-state index is 14.0. The maximum Gasteiger partial charge on any atom is 0.145 e. The fourth-order valence-electron chi connectivity index (χ4n) is 2.06. The van der Waals surface area contributed by atoms with Crippen molar-refractivity contribution in [3.63, 3.8) is 0 Å². The van der Waals surface area contributed by atoms with Crippen molar-refractivity contribution < 1.29 is 8.60 Å². The van der Waals surface area contributed by atoms with E-state index in [1.807, 2.05) is 0 Å². The molecule has 1 aromatic rings. The van der Waals surface area contributed by atoms with E-state index in [0.717, 1.165) is 18.9 Å². The summed E-state index contributed by atoms with van der Waals surface area (Å²) in [6.07, 6.45) is 3.24. The van der Waals surface area contributed by atoms with Gasteiger partial charge in [-0.1, -0.05) is 0 Å². The fraction of sp³-hybridized carbons (Fsp3) is 0.429. The predicted molar refractivity (Wildman–Crippen MR) is 82.2 cm³/mol. The van der Waals surface area contributed by atoms with Crippen molar-refractivity contribution in [1.82, 2.24) is 4.90 Å². The first kappa shape index (κ1) is 15.4. The summed E-state index contributed by atoms with van der Waals surface area (Å²) in [7, 11) is 1.27. The lowest BCUT2D eigenvalue weighted by Gasteiger charge is -2.06. The monoisotopic (exact) mass is 308 g/mol. The Morgan fingerprint density at radius 3 is 2.62 bits per heavy atom. The van der Waals surface area contributed by atoms with Crippen LogP contribution in [0.15, 0.2) is 21.5 Å². The number of rotatable bonds is 3. The first-order valence-electron chi connectivity index (χ1n) is 6.60. The molecule has 0 aromatic heterocycles. The van der Waals surface area contributed by atoms with Gasteiger partial charge in [-0.3, -0.25) is 0 Å². The van der Waals surface area contributed by atoms with Gasteiger partial charge in [-0.25, -0.2) is 13.6 Å². The second kappa shape index (κ2) is 6.22. The van der Waals surface area contributed by atoms with E-state index in [2.05, 4.69) is 9.36 Å². The van der Waals surface area contributed by atoms with Crippen molar-refractivity contribution in [3.8, 4) is 6.07 Å². The Kier molecular flexibility index (Phi) is 4.58. The molecule has 1 aliphatic rings. The first-order valence-corrected chi connectivity index (χ1v) is 8.46. The van der Waals surface area contributed by atoms with Crippen LogP contribution in [0.4, 0.5) is 15.8 Å². The van der Waals surface area contributed by atoms with E-state index >= 15 is 0 Å². The Labute approximate surface area is 124 Å². The van der Waals surface area contributed by atoms with Crippen molar-refractivity contribution in [2.45, 2.75) is 12.8 Å². The molecule has 0 saturated carbocycles. The highest BCUT2D eigenvalue weighted by Gasteiger charge is 2.17. The molecule has 1 heterocycles. The highest BCUT2D eigenvalue weighted by Crippen LogP contribution is 2.30. The average molecular weight is 308 g/mol. The van der Waals surface area contributed by atoms with E-state index in [9.17, 15) is 8.60 Å². The third-order valence-corrected chi connectivity index (χ3v) is 5.44. The Bertz CT molecular complexity index is 715. The summed E-state index contributed by atoms with van der Waals surface area (Å²) in [6, 6.07) is 4.46. The topological polar surface area (TPSA) is 68.8 Å². The molecule has 5 nitrogen and oxygen atoms in total. The Morgan fingerprint density at radius 1 is 1.38 bits per heavy atom. The molecule has 0 atom stereocenters. The minimum absolute atomic E-state index is 0.131. The standard InChI is InChI=1S/C14H17FN4OS/c1-19(2)10-17-14-8-11(7-13(15)12(14)9-16)18-21(20)5-3-4-6-21/h7-8,10H,3-6H2,1-2H3/b17-10+. The Morgan fingerprint density at radius 2 is 2.05 bits per heavy atom. The minimum Gasteiger partial charge on any atom is -0.369 e. The van der Waals surface area contributed by atoms with Crippen LogP contribution in [0.25, 0.3) is 0 Å². The molecule has 0 spiro atoms. The van der Waals surface area contributed by atoms with Crippen molar-refractivity contribution in [1.29, 1.82) is 5.26 Å². The van der Waals surface area contributed by atoms with E-state index in [4.69, 9.17) is 5.26 Å². The van der Waals surface area contributed by atoms with E-state index in [1.165, 1.54) is 12.4 Å². The molecule has 2 rings (SSSR count). The summed E-state index contributed by atoms with van der Waals surface area (Å²) in [5, 5.41) is 9.03. The molecule has 0 radical (unpaired) electrons. The van der Waals surface area contributed by atoms with Crippen LogP contribution in [0, 0.1) is 17.1 Å². The molecular weight excluding hydrogens is 291 g/mol. The molecule has 0 bridgehead atoms. The van der Waals surface area contributed by atoms with Crippen molar-refractivity contribution >= 4 is 27.4 Å². The zero-order chi connectivity index (χ0) is 15.5. The van der Waals surface area contributed by atoms with Gasteiger partial charge in [0.25, 0.3) is 0 Å². The van der Waals surface area contributed by atoms with Gasteiger partial charge in [-0.2, -0.15) is 9.62 Å². The number of halogens is 1. The highest BCUT2D eigenvalue weighted by molar-refractivity contribution is 7.93. The second-order valence-corrected chi connectivity index (χ2v) is 7.67. The maximum atomic E-state index is 14.0. The molecule has 7 heteroatoms. The molecule has 0 N–H and O–H groups in total. The molecule has 1 aliphatic heterocycles. The number of benzene rings is 1. The molecule has 1 fully saturated rings. The largest absolute Gasteiger partial charge is 0.369 e.